The summed E-state index contributed by atoms with van der Waals surface area (Å²) in [5.41, 5.74) is 6.64. The first-order chi connectivity index (χ1) is 17.9. The van der Waals surface area contributed by atoms with Crippen LogP contribution >= 0.6 is 0 Å². The lowest BCUT2D eigenvalue weighted by molar-refractivity contribution is 0.220. The van der Waals surface area contributed by atoms with Crippen LogP contribution in [-0.2, 0) is 24.9 Å². The predicted molar refractivity (Wildman–Crippen MR) is 171 cm³/mol. The zero-order valence-electron chi connectivity index (χ0n) is 26.1. The zero-order chi connectivity index (χ0) is 29.2. The molecule has 38 heavy (non-hydrogen) atoms. The van der Waals surface area contributed by atoms with Crippen molar-refractivity contribution < 1.29 is 4.39 Å². The maximum absolute atomic E-state index is 13.6. The minimum Gasteiger partial charge on any atom is -0.239 e. The van der Waals surface area contributed by atoms with E-state index in [2.05, 4.69) is 57.8 Å². The van der Waals surface area contributed by atoms with Gasteiger partial charge in [0.05, 0.1) is 0 Å². The van der Waals surface area contributed by atoms with Gasteiger partial charge in [-0.05, 0) is 108 Å². The molecule has 0 aromatic heterocycles. The van der Waals surface area contributed by atoms with Crippen molar-refractivity contribution in [3.05, 3.63) is 108 Å². The summed E-state index contributed by atoms with van der Waals surface area (Å²) in [6, 6.07) is 16.9. The number of hydrogen-bond donors (Lipinski definition) is 0. The number of benzene rings is 2. The minimum absolute atomic E-state index is 0.432. The summed E-state index contributed by atoms with van der Waals surface area (Å²) in [6.07, 6.45) is 13.2. The molecule has 0 amide bonds. The highest BCUT2D eigenvalue weighted by molar-refractivity contribution is 5.31. The van der Waals surface area contributed by atoms with Gasteiger partial charge in [-0.1, -0.05) is 105 Å². The third-order valence-electron chi connectivity index (χ3n) is 7.08. The SMILES string of the molecule is C=C(C)C.C=C(C)C1(CCc2ccc(CC)cc2)CCCCC1.C=CC.CCc1ccccc1C(C)(C)F. The standard InChI is InChI=1S/C19H28.C11H15F.C4H8.C3H6/c1-4-17-8-10-18(11-9-17)12-15-19(16(2)3)13-6-5-7-14-19;1-4-9-7-5-6-8-10(9)11(2,3)12;1-4(2)3;1-3-2/h8-11H,2,4-7,12-15H2,1,3H3;5-8H,4H2,1-3H3;1H2,2-3H3;3H,1H2,2H3. The Morgan fingerprint density at radius 3 is 1.74 bits per heavy atom. The van der Waals surface area contributed by atoms with Gasteiger partial charge in [0.15, 0.2) is 0 Å². The van der Waals surface area contributed by atoms with Crippen molar-refractivity contribution in [2.45, 2.75) is 119 Å². The molecule has 0 bridgehead atoms. The highest BCUT2D eigenvalue weighted by Crippen LogP contribution is 2.45. The number of halogens is 1. The Hall–Kier alpha value is -2.41. The molecular formula is C37H57F. The topological polar surface area (TPSA) is 0 Å². The van der Waals surface area contributed by atoms with Gasteiger partial charge in [0, 0.05) is 0 Å². The normalized spacial score (nSPS) is 13.8. The van der Waals surface area contributed by atoms with Crippen molar-refractivity contribution in [2.75, 3.05) is 0 Å². The quantitative estimate of drug-likeness (QED) is 0.318. The van der Waals surface area contributed by atoms with Crippen LogP contribution in [-0.4, -0.2) is 0 Å². The fraction of sp³-hybridized carbons (Fsp3) is 0.514. The van der Waals surface area contributed by atoms with Crippen LogP contribution in [0.3, 0.4) is 0 Å². The van der Waals surface area contributed by atoms with E-state index in [4.69, 9.17) is 0 Å². The first-order valence-corrected chi connectivity index (χ1v) is 14.6. The van der Waals surface area contributed by atoms with Crippen molar-refractivity contribution in [1.82, 2.24) is 0 Å². The second-order valence-corrected chi connectivity index (χ2v) is 11.4. The number of hydrogen-bond acceptors (Lipinski definition) is 0. The van der Waals surface area contributed by atoms with E-state index in [9.17, 15) is 4.39 Å². The number of rotatable bonds is 7. The van der Waals surface area contributed by atoms with Crippen LogP contribution in [0.5, 0.6) is 0 Å². The van der Waals surface area contributed by atoms with Crippen LogP contribution in [0.1, 0.15) is 116 Å². The maximum atomic E-state index is 13.6. The minimum atomic E-state index is -1.22. The predicted octanol–water partition coefficient (Wildman–Crippen LogP) is 11.9. The van der Waals surface area contributed by atoms with Gasteiger partial charge >= 0.3 is 0 Å². The van der Waals surface area contributed by atoms with E-state index >= 15 is 0 Å². The molecule has 1 fully saturated rings. The van der Waals surface area contributed by atoms with Gasteiger partial charge in [0.25, 0.3) is 0 Å². The van der Waals surface area contributed by atoms with E-state index < -0.39 is 5.67 Å². The van der Waals surface area contributed by atoms with Crippen LogP contribution in [0, 0.1) is 5.41 Å². The summed E-state index contributed by atoms with van der Waals surface area (Å²) in [6.45, 7) is 26.7. The average molecular weight is 521 g/mol. The third kappa shape index (κ3) is 13.9. The summed E-state index contributed by atoms with van der Waals surface area (Å²) in [4.78, 5) is 0. The van der Waals surface area contributed by atoms with Crippen LogP contribution in [0.2, 0.25) is 0 Å². The van der Waals surface area contributed by atoms with Crippen molar-refractivity contribution in [2.24, 2.45) is 5.41 Å². The summed E-state index contributed by atoms with van der Waals surface area (Å²) in [5, 5.41) is 0. The number of aryl methyl sites for hydroxylation is 3. The molecule has 0 spiro atoms. The molecule has 1 aliphatic rings. The van der Waals surface area contributed by atoms with Crippen molar-refractivity contribution in [3.8, 4) is 0 Å². The Labute approximate surface area is 236 Å². The second kappa shape index (κ2) is 18.8. The van der Waals surface area contributed by atoms with E-state index in [-0.39, 0.29) is 0 Å². The molecule has 0 heterocycles. The van der Waals surface area contributed by atoms with Crippen LogP contribution < -0.4 is 0 Å². The first-order valence-electron chi connectivity index (χ1n) is 14.6. The van der Waals surface area contributed by atoms with Crippen molar-refractivity contribution in [1.29, 1.82) is 0 Å². The Morgan fingerprint density at radius 2 is 1.34 bits per heavy atom. The third-order valence-corrected chi connectivity index (χ3v) is 7.08. The molecule has 0 radical (unpaired) electrons. The molecule has 0 nitrogen and oxygen atoms in total. The molecule has 0 saturated heterocycles. The first kappa shape index (κ1) is 35.6. The molecule has 1 aliphatic carbocycles. The molecule has 0 N–H and O–H groups in total. The highest BCUT2D eigenvalue weighted by atomic mass is 19.1. The van der Waals surface area contributed by atoms with Gasteiger partial charge in [-0.25, -0.2) is 4.39 Å². The van der Waals surface area contributed by atoms with Gasteiger partial charge in [-0.15, -0.1) is 13.2 Å². The highest BCUT2D eigenvalue weighted by Gasteiger charge is 2.32. The molecule has 212 valence electrons. The maximum Gasteiger partial charge on any atom is 0.130 e. The Bertz CT molecular complexity index is 929. The van der Waals surface area contributed by atoms with Gasteiger partial charge < -0.3 is 0 Å². The van der Waals surface area contributed by atoms with Gasteiger partial charge in [-0.2, -0.15) is 0 Å². The van der Waals surface area contributed by atoms with E-state index in [1.165, 1.54) is 67.2 Å². The second-order valence-electron chi connectivity index (χ2n) is 11.4. The lowest BCUT2D eigenvalue weighted by Crippen LogP contribution is -2.25. The average Bonchev–Trinajstić information content (AvgIpc) is 2.88. The van der Waals surface area contributed by atoms with E-state index in [1.54, 1.807) is 19.9 Å². The van der Waals surface area contributed by atoms with Gasteiger partial charge in [-0.3, -0.25) is 0 Å². The van der Waals surface area contributed by atoms with Crippen molar-refractivity contribution in [3.63, 3.8) is 0 Å². The summed E-state index contributed by atoms with van der Waals surface area (Å²) in [5.74, 6) is 0. The van der Waals surface area contributed by atoms with E-state index in [0.29, 0.717) is 5.41 Å². The fourth-order valence-corrected chi connectivity index (χ4v) is 4.85. The van der Waals surface area contributed by atoms with Crippen LogP contribution in [0.25, 0.3) is 0 Å². The molecule has 1 saturated carbocycles. The lowest BCUT2D eigenvalue weighted by Gasteiger charge is -2.38. The Morgan fingerprint density at radius 1 is 0.868 bits per heavy atom. The zero-order valence-corrected chi connectivity index (χ0v) is 26.1. The van der Waals surface area contributed by atoms with Gasteiger partial charge in [0.1, 0.15) is 5.67 Å². The van der Waals surface area contributed by atoms with Crippen molar-refractivity contribution >= 4 is 0 Å². The molecule has 2 aromatic rings. The summed E-state index contributed by atoms with van der Waals surface area (Å²) >= 11 is 0. The molecular weight excluding hydrogens is 463 g/mol. The summed E-state index contributed by atoms with van der Waals surface area (Å²) < 4.78 is 13.6. The Balaban J connectivity index is 0.000000614. The van der Waals surface area contributed by atoms with Gasteiger partial charge in [0.2, 0.25) is 0 Å². The molecule has 0 aliphatic heterocycles. The van der Waals surface area contributed by atoms with E-state index in [1.807, 2.05) is 52.0 Å². The molecule has 2 aromatic carbocycles. The Kier molecular flexibility index (Phi) is 17.6. The number of alkyl halides is 1. The summed E-state index contributed by atoms with van der Waals surface area (Å²) in [7, 11) is 0. The number of allylic oxidation sites excluding steroid dienone is 3. The van der Waals surface area contributed by atoms with Crippen LogP contribution in [0.4, 0.5) is 4.39 Å². The van der Waals surface area contributed by atoms with Crippen LogP contribution in [0.15, 0.2) is 85.5 Å². The molecule has 0 unspecified atom stereocenters. The van der Waals surface area contributed by atoms with E-state index in [0.717, 1.165) is 24.0 Å². The molecule has 1 heteroatoms. The molecule has 3 rings (SSSR count). The molecule has 0 atom stereocenters. The largest absolute Gasteiger partial charge is 0.239 e. The fourth-order valence-electron chi connectivity index (χ4n) is 4.85. The lowest BCUT2D eigenvalue weighted by atomic mass is 9.67. The monoisotopic (exact) mass is 520 g/mol. The smallest absolute Gasteiger partial charge is 0.130 e.